The summed E-state index contributed by atoms with van der Waals surface area (Å²) in [6.45, 7) is 3.64. The lowest BCUT2D eigenvalue weighted by molar-refractivity contribution is -0.894. The fraction of sp³-hybridized carbons (Fsp3) is 0.364. The van der Waals surface area contributed by atoms with Gasteiger partial charge in [-0.3, -0.25) is 19.5 Å². The monoisotopic (exact) mass is 681 g/mol. The predicted molar refractivity (Wildman–Crippen MR) is 174 cm³/mol. The molecule has 252 valence electrons. The number of aromatic amines is 1. The van der Waals surface area contributed by atoms with Gasteiger partial charge in [-0.25, -0.2) is 13.8 Å². The third kappa shape index (κ3) is 6.06. The summed E-state index contributed by atoms with van der Waals surface area (Å²) < 4.78 is 32.1. The van der Waals surface area contributed by atoms with Crippen molar-refractivity contribution in [3.8, 4) is 22.4 Å². The Morgan fingerprint density at radius 2 is 1.67 bits per heavy atom. The number of aromatic nitrogens is 4. The first kappa shape index (κ1) is 33.2. The van der Waals surface area contributed by atoms with Crippen molar-refractivity contribution in [3.05, 3.63) is 76.5 Å². The van der Waals surface area contributed by atoms with Crippen LogP contribution < -0.4 is 5.32 Å². The number of piperazine rings is 1. The lowest BCUT2D eigenvalue weighted by Crippen LogP contribution is -2.58. The number of quaternary nitrogens is 1. The van der Waals surface area contributed by atoms with Crippen LogP contribution in [0, 0.1) is 18.6 Å². The summed E-state index contributed by atoms with van der Waals surface area (Å²) in [5.41, 5.74) is 1.77. The zero-order chi connectivity index (χ0) is 34.5. The summed E-state index contributed by atoms with van der Waals surface area (Å²) in [6.07, 6.45) is 2.62. The van der Waals surface area contributed by atoms with Gasteiger partial charge in [0.25, 0.3) is 17.7 Å². The van der Waals surface area contributed by atoms with Crippen LogP contribution in [0.5, 0.6) is 0 Å². The molecule has 2 saturated heterocycles. The number of amides is 3. The van der Waals surface area contributed by atoms with Crippen LogP contribution in [0.2, 0.25) is 5.02 Å². The Labute approximate surface area is 280 Å². The van der Waals surface area contributed by atoms with E-state index >= 15 is 8.78 Å². The summed E-state index contributed by atoms with van der Waals surface area (Å²) >= 11 is 6.50. The molecule has 6 rings (SSSR count). The second kappa shape index (κ2) is 12.7. The number of nitrogens with one attached hydrogen (secondary N) is 2. The zero-order valence-electron chi connectivity index (χ0n) is 26.9. The van der Waals surface area contributed by atoms with Crippen molar-refractivity contribution in [1.82, 2.24) is 29.5 Å². The van der Waals surface area contributed by atoms with E-state index in [9.17, 15) is 19.5 Å². The molecule has 12 nitrogen and oxygen atoms in total. The number of aliphatic hydroxyl groups excluding tert-OH is 1. The molecule has 0 bridgehead atoms. The summed E-state index contributed by atoms with van der Waals surface area (Å²) in [5, 5.41) is 19.5. The first-order valence-corrected chi connectivity index (χ1v) is 15.8. The molecule has 2 aliphatic heterocycles. The van der Waals surface area contributed by atoms with Crippen molar-refractivity contribution in [2.75, 3.05) is 52.1 Å². The molecule has 2 aliphatic rings. The molecule has 2 aromatic heterocycles. The molecule has 3 amide bonds. The second-order valence-corrected chi connectivity index (χ2v) is 13.3. The Balaban J connectivity index is 1.10. The number of H-pyrrole nitrogens is 1. The van der Waals surface area contributed by atoms with E-state index in [1.807, 2.05) is 14.1 Å². The number of anilines is 1. The highest BCUT2D eigenvalue weighted by molar-refractivity contribution is 6.34. The smallest absolute Gasteiger partial charge is 0.291 e. The zero-order valence-corrected chi connectivity index (χ0v) is 27.7. The number of imidazole rings is 1. The summed E-state index contributed by atoms with van der Waals surface area (Å²) in [6, 6.07) is 7.07. The Bertz CT molecular complexity index is 1920. The summed E-state index contributed by atoms with van der Waals surface area (Å²) in [4.78, 5) is 47.2. The molecule has 4 heterocycles. The van der Waals surface area contributed by atoms with E-state index in [1.165, 1.54) is 54.3 Å². The Morgan fingerprint density at radius 3 is 2.29 bits per heavy atom. The topological polar surface area (TPSA) is 136 Å². The Hall–Kier alpha value is -4.66. The molecule has 4 aromatic rings. The van der Waals surface area contributed by atoms with Crippen molar-refractivity contribution in [1.29, 1.82) is 0 Å². The number of nitrogens with zero attached hydrogens (tertiary/aromatic N) is 6. The Morgan fingerprint density at radius 1 is 1.00 bits per heavy atom. The molecule has 2 atom stereocenters. The number of hydrogen-bond acceptors (Lipinski definition) is 6. The average molecular weight is 682 g/mol. The number of aryl methyl sites for hydroxylation is 1. The van der Waals surface area contributed by atoms with Crippen LogP contribution in [-0.4, -0.2) is 116 Å². The van der Waals surface area contributed by atoms with Crippen LogP contribution in [-0.2, 0) is 11.8 Å². The van der Waals surface area contributed by atoms with Gasteiger partial charge in [0.1, 0.15) is 12.6 Å². The molecule has 0 radical (unpaired) electrons. The van der Waals surface area contributed by atoms with Gasteiger partial charge in [-0.05, 0) is 31.2 Å². The number of carbonyl (C=O) groups excluding carboxylic acids is 3. The van der Waals surface area contributed by atoms with Gasteiger partial charge in [0.05, 0.1) is 42.8 Å². The first-order valence-electron chi connectivity index (χ1n) is 15.5. The van der Waals surface area contributed by atoms with Crippen molar-refractivity contribution in [3.63, 3.8) is 0 Å². The number of benzene rings is 2. The highest BCUT2D eigenvalue weighted by Gasteiger charge is 2.46. The number of halogens is 3. The standard InChI is InChI=1S/C33H35ClF2N8O4/c1-18-24(15-38-40-18)21-7-8-23(29(36)28(21)35)26-16-37-30(41(26)2)31(46)39-19-5-6-22(25(34)13-19)32(47)42-9-11-43(12-10-42)33(48)27-14-20(45)17-44(27,3)4/h5-8,13,15-16,20,27,45H,9-12,14,17H2,1-4H3,(H-,38,39,40,46,47)/p+1/t20-,27+/m1/s1. The predicted octanol–water partition coefficient (Wildman–Crippen LogP) is 3.46. The van der Waals surface area contributed by atoms with E-state index in [1.54, 1.807) is 16.7 Å². The lowest BCUT2D eigenvalue weighted by Gasteiger charge is -2.38. The largest absolute Gasteiger partial charge is 0.387 e. The van der Waals surface area contributed by atoms with Crippen molar-refractivity contribution in [2.45, 2.75) is 25.5 Å². The molecule has 48 heavy (non-hydrogen) atoms. The van der Waals surface area contributed by atoms with Gasteiger partial charge in [0.2, 0.25) is 0 Å². The van der Waals surface area contributed by atoms with Crippen molar-refractivity contribution in [2.24, 2.45) is 7.05 Å². The maximum absolute atomic E-state index is 15.2. The van der Waals surface area contributed by atoms with Gasteiger partial charge in [0.15, 0.2) is 23.5 Å². The SMILES string of the molecule is Cc1[nH]ncc1-c1ccc(-c2cnc(C(=O)Nc3ccc(C(=O)N4CCN(C(=O)[C@@H]5C[C@@H](O)C[N+]5(C)C)CC4)c(Cl)c3)n2C)c(F)c1F. The molecule has 15 heteroatoms. The third-order valence-electron chi connectivity index (χ3n) is 9.31. The van der Waals surface area contributed by atoms with Gasteiger partial charge in [0, 0.05) is 67.7 Å². The van der Waals surface area contributed by atoms with E-state index < -0.39 is 23.6 Å². The molecule has 0 spiro atoms. The fourth-order valence-corrected chi connectivity index (χ4v) is 6.86. The minimum absolute atomic E-state index is 0.0164. The number of likely N-dealkylation sites (tertiary alicyclic amines) is 1. The minimum atomic E-state index is -1.08. The van der Waals surface area contributed by atoms with E-state index in [-0.39, 0.29) is 51.1 Å². The van der Waals surface area contributed by atoms with E-state index in [0.29, 0.717) is 60.6 Å². The lowest BCUT2D eigenvalue weighted by atomic mass is 10.0. The molecule has 2 fully saturated rings. The van der Waals surface area contributed by atoms with Gasteiger partial charge in [-0.1, -0.05) is 17.7 Å². The molecular weight excluding hydrogens is 646 g/mol. The number of rotatable bonds is 6. The van der Waals surface area contributed by atoms with Crippen LogP contribution in [0.25, 0.3) is 22.4 Å². The van der Waals surface area contributed by atoms with Gasteiger partial charge < -0.3 is 29.3 Å². The van der Waals surface area contributed by atoms with E-state index in [0.717, 1.165) is 0 Å². The molecule has 0 saturated carbocycles. The minimum Gasteiger partial charge on any atom is -0.387 e. The fourth-order valence-electron chi connectivity index (χ4n) is 6.60. The first-order chi connectivity index (χ1) is 22.8. The average Bonchev–Trinajstić information content (AvgIpc) is 3.73. The highest BCUT2D eigenvalue weighted by atomic mass is 35.5. The van der Waals surface area contributed by atoms with E-state index in [4.69, 9.17) is 11.6 Å². The van der Waals surface area contributed by atoms with Crippen LogP contribution in [0.15, 0.2) is 42.7 Å². The maximum atomic E-state index is 15.2. The maximum Gasteiger partial charge on any atom is 0.291 e. The Kier molecular flexibility index (Phi) is 8.83. The second-order valence-electron chi connectivity index (χ2n) is 12.9. The molecular formula is C33H36ClF2N8O4+. The summed E-state index contributed by atoms with van der Waals surface area (Å²) in [7, 11) is 5.39. The normalized spacial score (nSPS) is 19.1. The number of aliphatic hydroxyl groups is 1. The quantitative estimate of drug-likeness (QED) is 0.267. The van der Waals surface area contributed by atoms with Crippen LogP contribution in [0.1, 0.15) is 33.1 Å². The van der Waals surface area contributed by atoms with Gasteiger partial charge in [-0.15, -0.1) is 0 Å². The highest BCUT2D eigenvalue weighted by Crippen LogP contribution is 2.33. The van der Waals surface area contributed by atoms with Gasteiger partial charge >= 0.3 is 0 Å². The van der Waals surface area contributed by atoms with E-state index in [2.05, 4.69) is 20.5 Å². The molecule has 2 aromatic carbocycles. The molecule has 0 aliphatic carbocycles. The van der Waals surface area contributed by atoms with Crippen LogP contribution >= 0.6 is 11.6 Å². The number of likely N-dealkylation sites (N-methyl/N-ethyl adjacent to an activating group) is 1. The molecule has 0 unspecified atom stereocenters. The third-order valence-corrected chi connectivity index (χ3v) is 9.62. The summed E-state index contributed by atoms with van der Waals surface area (Å²) in [5.74, 6) is -3.12. The van der Waals surface area contributed by atoms with Crippen LogP contribution in [0.3, 0.4) is 0 Å². The van der Waals surface area contributed by atoms with Crippen molar-refractivity contribution < 1.29 is 32.8 Å². The number of hydrogen-bond donors (Lipinski definition) is 3. The van der Waals surface area contributed by atoms with Crippen LogP contribution in [0.4, 0.5) is 14.5 Å². The van der Waals surface area contributed by atoms with Gasteiger partial charge in [-0.2, -0.15) is 5.10 Å². The van der Waals surface area contributed by atoms with Crippen molar-refractivity contribution >= 4 is 35.0 Å². The molecule has 3 N–H and O–H groups in total. The number of carbonyl (C=O) groups is 3.